The largest absolute Gasteiger partial charge is 0.744 e. The van der Waals surface area contributed by atoms with Crippen molar-refractivity contribution in [3.8, 4) is 0 Å². The summed E-state index contributed by atoms with van der Waals surface area (Å²) in [5.41, 5.74) is 0.448. The van der Waals surface area contributed by atoms with Gasteiger partial charge in [-0.05, 0) is 30.0 Å². The molecule has 0 N–H and O–H groups in total. The highest BCUT2D eigenvalue weighted by molar-refractivity contribution is 7.85. The van der Waals surface area contributed by atoms with E-state index in [2.05, 4.69) is 0 Å². The molecule has 0 amide bonds. The topological polar surface area (TPSA) is 57.2 Å². The number of halogens is 2. The lowest BCUT2D eigenvalue weighted by Gasteiger charge is -2.19. The molecule has 0 radical (unpaired) electrons. The third-order valence-electron chi connectivity index (χ3n) is 3.96. The van der Waals surface area contributed by atoms with Crippen molar-refractivity contribution in [3.05, 3.63) is 65.2 Å². The van der Waals surface area contributed by atoms with E-state index >= 15 is 0 Å². The average molecular weight is 339 g/mol. The minimum atomic E-state index is -4.64. The number of rotatable bonds is 5. The monoisotopic (exact) mass is 339 g/mol. The number of benzene rings is 2. The summed E-state index contributed by atoms with van der Waals surface area (Å²) in [6.07, 6.45) is 0.918. The van der Waals surface area contributed by atoms with Crippen LogP contribution in [-0.2, 0) is 16.0 Å². The number of alkyl halides is 2. The van der Waals surface area contributed by atoms with Crippen LogP contribution in [0.2, 0.25) is 0 Å². The van der Waals surface area contributed by atoms with Crippen molar-refractivity contribution in [2.45, 2.75) is 37.0 Å². The molecule has 0 aliphatic carbocycles. The Morgan fingerprint density at radius 2 is 1.43 bits per heavy atom. The lowest BCUT2D eigenvalue weighted by Crippen LogP contribution is -2.15. The second kappa shape index (κ2) is 6.37. The van der Waals surface area contributed by atoms with Gasteiger partial charge in [0.1, 0.15) is 10.1 Å². The van der Waals surface area contributed by atoms with Crippen molar-refractivity contribution in [1.82, 2.24) is 0 Å². The SMILES string of the molecule is CCC(C)c1ccc(C(F)(F)c2ccc(S(=O)(=O)[O-])cc2)cc1. The first-order chi connectivity index (χ1) is 10.7. The molecule has 0 aromatic heterocycles. The Morgan fingerprint density at radius 3 is 1.83 bits per heavy atom. The summed E-state index contributed by atoms with van der Waals surface area (Å²) in [7, 11) is -4.64. The maximum Gasteiger partial charge on any atom is 0.298 e. The minimum absolute atomic E-state index is 0.178. The van der Waals surface area contributed by atoms with Crippen LogP contribution >= 0.6 is 0 Å². The summed E-state index contributed by atoms with van der Waals surface area (Å²) in [6, 6.07) is 9.83. The van der Waals surface area contributed by atoms with Crippen LogP contribution in [0.15, 0.2) is 53.4 Å². The summed E-state index contributed by atoms with van der Waals surface area (Å²) in [5.74, 6) is -2.97. The van der Waals surface area contributed by atoms with Gasteiger partial charge in [0.05, 0.1) is 4.90 Å². The molecule has 2 aromatic rings. The van der Waals surface area contributed by atoms with Gasteiger partial charge in [0.2, 0.25) is 0 Å². The molecule has 2 aromatic carbocycles. The standard InChI is InChI=1S/C17H18F2O3S/c1-3-12(2)13-4-6-14(7-5-13)17(18,19)15-8-10-16(11-9-15)23(20,21)22/h4-12H,3H2,1-2H3,(H,20,21,22)/p-1. The zero-order chi connectivity index (χ0) is 17.3. The van der Waals surface area contributed by atoms with Gasteiger partial charge < -0.3 is 4.55 Å². The van der Waals surface area contributed by atoms with Crippen molar-refractivity contribution >= 4 is 10.1 Å². The molecule has 0 saturated heterocycles. The second-order valence-electron chi connectivity index (χ2n) is 5.48. The van der Waals surface area contributed by atoms with E-state index in [1.165, 1.54) is 12.1 Å². The summed E-state index contributed by atoms with van der Waals surface area (Å²) in [6.45, 7) is 4.05. The highest BCUT2D eigenvalue weighted by Gasteiger charge is 2.33. The highest BCUT2D eigenvalue weighted by Crippen LogP contribution is 2.36. The van der Waals surface area contributed by atoms with E-state index in [-0.39, 0.29) is 11.1 Å². The maximum atomic E-state index is 14.5. The Balaban J connectivity index is 2.34. The van der Waals surface area contributed by atoms with Crippen LogP contribution in [0, 0.1) is 0 Å². The first-order valence-corrected chi connectivity index (χ1v) is 8.61. The Kier molecular flexibility index (Phi) is 4.87. The fourth-order valence-electron chi connectivity index (χ4n) is 2.25. The van der Waals surface area contributed by atoms with Crippen LogP contribution in [0.5, 0.6) is 0 Å². The van der Waals surface area contributed by atoms with Crippen LogP contribution in [0.1, 0.15) is 42.9 Å². The molecule has 0 aliphatic heterocycles. The molecule has 3 nitrogen and oxygen atoms in total. The molecule has 0 spiro atoms. The Morgan fingerprint density at radius 1 is 1.00 bits per heavy atom. The van der Waals surface area contributed by atoms with E-state index in [9.17, 15) is 21.8 Å². The summed E-state index contributed by atoms with van der Waals surface area (Å²) in [5, 5.41) is 0. The van der Waals surface area contributed by atoms with Gasteiger partial charge in [-0.3, -0.25) is 0 Å². The van der Waals surface area contributed by atoms with E-state index in [1.54, 1.807) is 12.1 Å². The lowest BCUT2D eigenvalue weighted by molar-refractivity contribution is 0.0427. The molecule has 0 saturated carbocycles. The molecule has 6 heteroatoms. The Bertz CT molecular complexity index is 766. The summed E-state index contributed by atoms with van der Waals surface area (Å²) < 4.78 is 61.6. The second-order valence-corrected chi connectivity index (χ2v) is 6.86. The summed E-state index contributed by atoms with van der Waals surface area (Å²) in [4.78, 5) is -0.524. The molecule has 1 atom stereocenters. The molecule has 0 fully saturated rings. The molecule has 23 heavy (non-hydrogen) atoms. The molecule has 0 aliphatic rings. The van der Waals surface area contributed by atoms with Gasteiger partial charge in [0, 0.05) is 11.1 Å². The van der Waals surface area contributed by atoms with E-state index in [0.717, 1.165) is 36.2 Å². The summed E-state index contributed by atoms with van der Waals surface area (Å²) >= 11 is 0. The molecule has 0 heterocycles. The average Bonchev–Trinajstić information content (AvgIpc) is 2.53. The van der Waals surface area contributed by atoms with Crippen molar-refractivity contribution < 1.29 is 21.8 Å². The molecule has 0 bridgehead atoms. The van der Waals surface area contributed by atoms with Gasteiger partial charge >= 0.3 is 0 Å². The quantitative estimate of drug-likeness (QED) is 0.766. The first-order valence-electron chi connectivity index (χ1n) is 7.21. The number of hydrogen-bond acceptors (Lipinski definition) is 3. The van der Waals surface area contributed by atoms with Gasteiger partial charge in [0.25, 0.3) is 5.92 Å². The van der Waals surface area contributed by atoms with Crippen molar-refractivity contribution in [3.63, 3.8) is 0 Å². The fraction of sp³-hybridized carbons (Fsp3) is 0.294. The van der Waals surface area contributed by atoms with Gasteiger partial charge in [-0.1, -0.05) is 50.2 Å². The van der Waals surface area contributed by atoms with E-state index < -0.39 is 20.9 Å². The molecule has 124 valence electrons. The fourth-order valence-corrected chi connectivity index (χ4v) is 2.72. The van der Waals surface area contributed by atoms with Crippen LogP contribution in [-0.4, -0.2) is 13.0 Å². The van der Waals surface area contributed by atoms with E-state index in [4.69, 9.17) is 0 Å². The molecular formula is C17H17F2O3S-. The van der Waals surface area contributed by atoms with Gasteiger partial charge in [-0.2, -0.15) is 8.78 Å². The number of hydrogen-bond donors (Lipinski definition) is 0. The van der Waals surface area contributed by atoms with E-state index in [1.807, 2.05) is 13.8 Å². The van der Waals surface area contributed by atoms with Crippen LogP contribution in [0.3, 0.4) is 0 Å². The third kappa shape index (κ3) is 3.76. The van der Waals surface area contributed by atoms with Gasteiger partial charge in [-0.25, -0.2) is 8.42 Å². The van der Waals surface area contributed by atoms with Crippen LogP contribution < -0.4 is 0 Å². The van der Waals surface area contributed by atoms with Gasteiger partial charge in [0.15, 0.2) is 0 Å². The van der Waals surface area contributed by atoms with E-state index in [0.29, 0.717) is 5.92 Å². The zero-order valence-corrected chi connectivity index (χ0v) is 13.6. The van der Waals surface area contributed by atoms with Gasteiger partial charge in [-0.15, -0.1) is 0 Å². The lowest BCUT2D eigenvalue weighted by atomic mass is 9.94. The minimum Gasteiger partial charge on any atom is -0.744 e. The molecule has 1 unspecified atom stereocenters. The third-order valence-corrected chi connectivity index (χ3v) is 4.81. The Hall–Kier alpha value is -1.79. The maximum absolute atomic E-state index is 14.5. The Labute approximate surface area is 134 Å². The predicted molar refractivity (Wildman–Crippen MR) is 82.5 cm³/mol. The van der Waals surface area contributed by atoms with Crippen LogP contribution in [0.4, 0.5) is 8.78 Å². The molecular weight excluding hydrogens is 322 g/mol. The zero-order valence-electron chi connectivity index (χ0n) is 12.8. The van der Waals surface area contributed by atoms with Crippen LogP contribution in [0.25, 0.3) is 0 Å². The van der Waals surface area contributed by atoms with Crippen molar-refractivity contribution in [2.24, 2.45) is 0 Å². The van der Waals surface area contributed by atoms with Crippen molar-refractivity contribution in [2.75, 3.05) is 0 Å². The highest BCUT2D eigenvalue weighted by atomic mass is 32.2. The predicted octanol–water partition coefficient (Wildman–Crippen LogP) is 4.24. The molecule has 2 rings (SSSR count). The van der Waals surface area contributed by atoms with Crippen molar-refractivity contribution in [1.29, 1.82) is 0 Å². The smallest absolute Gasteiger partial charge is 0.298 e. The first kappa shape index (κ1) is 17.6. The normalized spacial score (nSPS) is 13.8.